The zero-order valence-corrected chi connectivity index (χ0v) is 15.9. The molecule has 1 aliphatic rings. The topological polar surface area (TPSA) is 61.4 Å². The van der Waals surface area contributed by atoms with Gasteiger partial charge in [-0.05, 0) is 44.1 Å². The molecule has 0 spiro atoms. The molecule has 24 heavy (non-hydrogen) atoms. The predicted octanol–water partition coefficient (Wildman–Crippen LogP) is 2.49. The van der Waals surface area contributed by atoms with Gasteiger partial charge in [0.15, 0.2) is 0 Å². The Morgan fingerprint density at radius 3 is 2.38 bits per heavy atom. The lowest BCUT2D eigenvalue weighted by molar-refractivity contribution is -0.125. The maximum atomic E-state index is 12.6. The number of nitrogens with one attached hydrogen (secondary N) is 2. The van der Waals surface area contributed by atoms with Crippen LogP contribution in [-0.2, 0) is 4.79 Å². The zero-order chi connectivity index (χ0) is 17.7. The molecule has 1 atom stereocenters. The molecule has 1 unspecified atom stereocenters. The average molecular weight is 352 g/mol. The molecule has 0 bridgehead atoms. The van der Waals surface area contributed by atoms with E-state index in [0.717, 1.165) is 25.9 Å². The normalized spacial score (nSPS) is 17.9. The highest BCUT2D eigenvalue weighted by molar-refractivity contribution is 7.12. The van der Waals surface area contributed by atoms with Crippen LogP contribution in [0, 0.1) is 5.92 Å². The van der Waals surface area contributed by atoms with Crippen LogP contribution in [0.3, 0.4) is 0 Å². The second kappa shape index (κ2) is 8.62. The Bertz CT molecular complexity index is 534. The van der Waals surface area contributed by atoms with Crippen LogP contribution in [0.25, 0.3) is 0 Å². The minimum Gasteiger partial charge on any atom is -0.351 e. The number of hydrogen-bond donors (Lipinski definition) is 2. The fraction of sp³-hybridized carbons (Fsp3) is 0.667. The first-order valence-corrected chi connectivity index (χ1v) is 9.65. The van der Waals surface area contributed by atoms with E-state index in [0.29, 0.717) is 10.9 Å². The van der Waals surface area contributed by atoms with Crippen LogP contribution < -0.4 is 10.6 Å². The highest BCUT2D eigenvalue weighted by Crippen LogP contribution is 2.14. The fourth-order valence-corrected chi connectivity index (χ4v) is 3.63. The lowest BCUT2D eigenvalue weighted by Gasteiger charge is -2.35. The van der Waals surface area contributed by atoms with Crippen LogP contribution in [0.5, 0.6) is 0 Å². The van der Waals surface area contributed by atoms with E-state index in [1.807, 2.05) is 25.3 Å². The van der Waals surface area contributed by atoms with Crippen LogP contribution >= 0.6 is 11.3 Å². The summed E-state index contributed by atoms with van der Waals surface area (Å²) in [6.45, 7) is 10.3. The molecule has 0 radical (unpaired) electrons. The Balaban J connectivity index is 1.89. The number of amides is 2. The van der Waals surface area contributed by atoms with Crippen molar-refractivity contribution in [1.29, 1.82) is 0 Å². The number of likely N-dealkylation sites (tertiary alicyclic amines) is 1. The molecule has 0 saturated carbocycles. The molecule has 1 aliphatic heterocycles. The van der Waals surface area contributed by atoms with Crippen molar-refractivity contribution < 1.29 is 9.59 Å². The molecule has 6 heteroatoms. The molecule has 134 valence electrons. The molecule has 5 nitrogen and oxygen atoms in total. The van der Waals surface area contributed by atoms with Crippen molar-refractivity contribution in [2.75, 3.05) is 13.1 Å². The third-order valence-corrected chi connectivity index (χ3v) is 5.46. The Labute approximate surface area is 148 Å². The maximum Gasteiger partial charge on any atom is 0.262 e. The summed E-state index contributed by atoms with van der Waals surface area (Å²) in [7, 11) is 0. The number of hydrogen-bond acceptors (Lipinski definition) is 4. The van der Waals surface area contributed by atoms with Crippen molar-refractivity contribution in [2.24, 2.45) is 5.92 Å². The monoisotopic (exact) mass is 351 g/mol. The summed E-state index contributed by atoms with van der Waals surface area (Å²) in [6.07, 6.45) is 1.93. The highest BCUT2D eigenvalue weighted by Gasteiger charge is 2.28. The van der Waals surface area contributed by atoms with Crippen molar-refractivity contribution in [3.05, 3.63) is 22.4 Å². The fourth-order valence-electron chi connectivity index (χ4n) is 3.01. The first kappa shape index (κ1) is 18.9. The highest BCUT2D eigenvalue weighted by atomic mass is 32.1. The van der Waals surface area contributed by atoms with E-state index in [4.69, 9.17) is 0 Å². The van der Waals surface area contributed by atoms with E-state index in [2.05, 4.69) is 29.4 Å². The van der Waals surface area contributed by atoms with Crippen molar-refractivity contribution in [1.82, 2.24) is 15.5 Å². The van der Waals surface area contributed by atoms with E-state index >= 15 is 0 Å². The molecular formula is C18H29N3O2S. The Hall–Kier alpha value is -1.40. The second-order valence-corrected chi connectivity index (χ2v) is 8.03. The van der Waals surface area contributed by atoms with Gasteiger partial charge in [0.2, 0.25) is 5.91 Å². The molecule has 2 rings (SSSR count). The summed E-state index contributed by atoms with van der Waals surface area (Å²) in [5.41, 5.74) is 0. The predicted molar refractivity (Wildman–Crippen MR) is 98.3 cm³/mol. The molecule has 1 fully saturated rings. The van der Waals surface area contributed by atoms with Crippen LogP contribution in [0.2, 0.25) is 0 Å². The summed E-state index contributed by atoms with van der Waals surface area (Å²) in [5, 5.41) is 7.88. The summed E-state index contributed by atoms with van der Waals surface area (Å²) < 4.78 is 0. The van der Waals surface area contributed by atoms with Crippen LogP contribution in [0.1, 0.15) is 50.2 Å². The number of carbonyl (C=O) groups is 2. The molecule has 2 amide bonds. The number of rotatable bonds is 6. The largest absolute Gasteiger partial charge is 0.351 e. The number of carbonyl (C=O) groups excluding carboxylic acids is 2. The molecule has 0 aromatic carbocycles. The van der Waals surface area contributed by atoms with Gasteiger partial charge >= 0.3 is 0 Å². The molecule has 0 aliphatic carbocycles. The Morgan fingerprint density at radius 1 is 1.21 bits per heavy atom. The van der Waals surface area contributed by atoms with E-state index in [9.17, 15) is 9.59 Å². The van der Waals surface area contributed by atoms with Gasteiger partial charge in [0.1, 0.15) is 6.04 Å². The number of thiophene rings is 1. The van der Waals surface area contributed by atoms with Crippen molar-refractivity contribution in [3.63, 3.8) is 0 Å². The van der Waals surface area contributed by atoms with E-state index in [-0.39, 0.29) is 23.8 Å². The lowest BCUT2D eigenvalue weighted by atomic mass is 10.00. The van der Waals surface area contributed by atoms with Crippen LogP contribution in [-0.4, -0.2) is 47.9 Å². The molecule has 1 aromatic rings. The summed E-state index contributed by atoms with van der Waals surface area (Å²) in [6, 6.07) is 3.87. The Morgan fingerprint density at radius 2 is 1.88 bits per heavy atom. The standard InChI is InChI=1S/C18H29N3O2S/c1-12(2)16(20-17(22)15-6-5-11-24-15)18(23)19-14-7-9-21(10-8-14)13(3)4/h5-6,11-14,16H,7-10H2,1-4H3,(H,19,23)(H,20,22). The van der Waals surface area contributed by atoms with Crippen molar-refractivity contribution >= 4 is 23.2 Å². The van der Waals surface area contributed by atoms with Gasteiger partial charge in [-0.3, -0.25) is 9.59 Å². The third-order valence-electron chi connectivity index (χ3n) is 4.59. The lowest BCUT2D eigenvalue weighted by Crippen LogP contribution is -2.54. The molecule has 1 aromatic heterocycles. The van der Waals surface area contributed by atoms with Gasteiger partial charge in [-0.25, -0.2) is 0 Å². The van der Waals surface area contributed by atoms with Gasteiger partial charge in [0.05, 0.1) is 4.88 Å². The molecular weight excluding hydrogens is 322 g/mol. The SMILES string of the molecule is CC(C)C(NC(=O)c1cccs1)C(=O)NC1CCN(C(C)C)CC1. The summed E-state index contributed by atoms with van der Waals surface area (Å²) in [5.74, 6) is -0.198. The minimum atomic E-state index is -0.497. The Kier molecular flexibility index (Phi) is 6.80. The zero-order valence-electron chi connectivity index (χ0n) is 15.0. The first-order valence-electron chi connectivity index (χ1n) is 8.77. The molecule has 2 N–H and O–H groups in total. The quantitative estimate of drug-likeness (QED) is 0.828. The first-order chi connectivity index (χ1) is 11.4. The van der Waals surface area contributed by atoms with Crippen molar-refractivity contribution in [3.8, 4) is 0 Å². The smallest absolute Gasteiger partial charge is 0.262 e. The third kappa shape index (κ3) is 5.05. The number of nitrogens with zero attached hydrogens (tertiary/aromatic N) is 1. The molecule has 1 saturated heterocycles. The van der Waals surface area contributed by atoms with Gasteiger partial charge in [-0.15, -0.1) is 11.3 Å². The van der Waals surface area contributed by atoms with Crippen LogP contribution in [0.15, 0.2) is 17.5 Å². The van der Waals surface area contributed by atoms with Gasteiger partial charge < -0.3 is 15.5 Å². The van der Waals surface area contributed by atoms with Gasteiger partial charge in [0, 0.05) is 25.2 Å². The summed E-state index contributed by atoms with van der Waals surface area (Å²) >= 11 is 1.39. The summed E-state index contributed by atoms with van der Waals surface area (Å²) in [4.78, 5) is 28.0. The van der Waals surface area contributed by atoms with E-state index in [1.165, 1.54) is 11.3 Å². The van der Waals surface area contributed by atoms with Gasteiger partial charge in [-0.1, -0.05) is 19.9 Å². The second-order valence-electron chi connectivity index (χ2n) is 7.09. The van der Waals surface area contributed by atoms with Gasteiger partial charge in [0.25, 0.3) is 5.91 Å². The van der Waals surface area contributed by atoms with Crippen LogP contribution in [0.4, 0.5) is 0 Å². The van der Waals surface area contributed by atoms with E-state index < -0.39 is 6.04 Å². The minimum absolute atomic E-state index is 0.0460. The van der Waals surface area contributed by atoms with E-state index in [1.54, 1.807) is 6.07 Å². The molecule has 2 heterocycles. The van der Waals surface area contributed by atoms with Crippen molar-refractivity contribution in [2.45, 2.75) is 58.7 Å². The maximum absolute atomic E-state index is 12.6. The van der Waals surface area contributed by atoms with Gasteiger partial charge in [-0.2, -0.15) is 0 Å². The average Bonchev–Trinajstić information content (AvgIpc) is 3.07. The number of piperidine rings is 1.